The largest absolute Gasteiger partial charge is 0.497 e. The lowest BCUT2D eigenvalue weighted by Gasteiger charge is -2.05. The highest BCUT2D eigenvalue weighted by atomic mass is 35.5. The summed E-state index contributed by atoms with van der Waals surface area (Å²) in [6, 6.07) is 14.6. The van der Waals surface area contributed by atoms with Gasteiger partial charge in [0.1, 0.15) is 12.4 Å². The van der Waals surface area contributed by atoms with E-state index in [4.69, 9.17) is 21.1 Å². The minimum Gasteiger partial charge on any atom is -0.497 e. The van der Waals surface area contributed by atoms with Gasteiger partial charge in [0.15, 0.2) is 0 Å². The van der Waals surface area contributed by atoms with Crippen molar-refractivity contribution >= 4 is 23.8 Å². The van der Waals surface area contributed by atoms with Crippen molar-refractivity contribution in [1.82, 2.24) is 5.32 Å². The van der Waals surface area contributed by atoms with Gasteiger partial charge in [0, 0.05) is 11.2 Å². The molecule has 114 valence electrons. The van der Waals surface area contributed by atoms with Gasteiger partial charge in [-0.1, -0.05) is 41.9 Å². The Hall–Kier alpha value is -2.46. The van der Waals surface area contributed by atoms with Crippen molar-refractivity contribution in [3.8, 4) is 5.75 Å². The zero-order valence-electron chi connectivity index (χ0n) is 12.1. The third kappa shape index (κ3) is 4.82. The first-order valence-electron chi connectivity index (χ1n) is 6.66. The highest BCUT2D eigenvalue weighted by molar-refractivity contribution is 6.32. The zero-order chi connectivity index (χ0) is 15.8. The lowest BCUT2D eigenvalue weighted by Crippen LogP contribution is -2.18. The molecular formula is C17H16ClNO3. The Morgan fingerprint density at radius 3 is 2.59 bits per heavy atom. The first-order chi connectivity index (χ1) is 10.7. The molecule has 0 aliphatic carbocycles. The van der Waals surface area contributed by atoms with E-state index in [2.05, 4.69) is 5.32 Å². The summed E-state index contributed by atoms with van der Waals surface area (Å²) in [5.74, 6) is 0.760. The molecule has 2 rings (SSSR count). The number of methoxy groups -OCH3 is 1. The van der Waals surface area contributed by atoms with Crippen LogP contribution in [0.3, 0.4) is 0 Å². The Bertz CT molecular complexity index is 653. The van der Waals surface area contributed by atoms with Gasteiger partial charge >= 0.3 is 6.09 Å². The quantitative estimate of drug-likeness (QED) is 0.897. The summed E-state index contributed by atoms with van der Waals surface area (Å²) in [4.78, 5) is 11.6. The van der Waals surface area contributed by atoms with Crippen LogP contribution in [0, 0.1) is 0 Å². The average Bonchev–Trinajstić information content (AvgIpc) is 2.55. The number of hydrogen-bond acceptors (Lipinski definition) is 3. The van der Waals surface area contributed by atoms with Crippen LogP contribution in [-0.4, -0.2) is 13.2 Å². The summed E-state index contributed by atoms with van der Waals surface area (Å²) in [6.45, 7) is 0.190. The molecule has 0 aliphatic heterocycles. The van der Waals surface area contributed by atoms with Gasteiger partial charge in [0.2, 0.25) is 0 Å². The predicted octanol–water partition coefficient (Wildman–Crippen LogP) is 4.25. The van der Waals surface area contributed by atoms with Crippen molar-refractivity contribution < 1.29 is 14.3 Å². The second-order valence-electron chi connectivity index (χ2n) is 4.42. The Morgan fingerprint density at radius 2 is 1.91 bits per heavy atom. The van der Waals surface area contributed by atoms with Crippen LogP contribution in [0.15, 0.2) is 54.7 Å². The normalized spacial score (nSPS) is 10.5. The molecule has 0 spiro atoms. The third-order valence-corrected chi connectivity index (χ3v) is 3.24. The van der Waals surface area contributed by atoms with E-state index in [1.807, 2.05) is 42.5 Å². The number of rotatable bonds is 5. The van der Waals surface area contributed by atoms with Crippen molar-refractivity contribution in [1.29, 1.82) is 0 Å². The molecule has 2 aromatic carbocycles. The fourth-order valence-electron chi connectivity index (χ4n) is 1.72. The van der Waals surface area contributed by atoms with Crippen molar-refractivity contribution in [2.75, 3.05) is 7.11 Å². The molecule has 5 heteroatoms. The van der Waals surface area contributed by atoms with Crippen LogP contribution in [-0.2, 0) is 11.3 Å². The monoisotopic (exact) mass is 317 g/mol. The molecule has 0 radical (unpaired) electrons. The number of ether oxygens (including phenoxy) is 2. The van der Waals surface area contributed by atoms with Gasteiger partial charge in [-0.25, -0.2) is 4.79 Å². The Kier molecular flexibility index (Phi) is 5.86. The minimum atomic E-state index is -0.529. The maximum atomic E-state index is 11.6. The van der Waals surface area contributed by atoms with E-state index in [0.717, 1.165) is 16.9 Å². The van der Waals surface area contributed by atoms with Crippen LogP contribution in [0.1, 0.15) is 11.1 Å². The summed E-state index contributed by atoms with van der Waals surface area (Å²) in [5, 5.41) is 3.14. The molecule has 0 heterocycles. The van der Waals surface area contributed by atoms with Gasteiger partial charge in [-0.05, 0) is 35.4 Å². The van der Waals surface area contributed by atoms with E-state index in [-0.39, 0.29) is 6.61 Å². The first-order valence-corrected chi connectivity index (χ1v) is 7.04. The zero-order valence-corrected chi connectivity index (χ0v) is 12.8. The number of alkyl carbamates (subject to hydrolysis) is 1. The van der Waals surface area contributed by atoms with Crippen LogP contribution >= 0.6 is 11.6 Å². The van der Waals surface area contributed by atoms with Crippen molar-refractivity contribution in [3.63, 3.8) is 0 Å². The number of carbonyl (C=O) groups is 1. The molecule has 0 atom stereocenters. The second-order valence-corrected chi connectivity index (χ2v) is 4.83. The summed E-state index contributed by atoms with van der Waals surface area (Å²) < 4.78 is 10.2. The summed E-state index contributed by atoms with van der Waals surface area (Å²) in [6.07, 6.45) is 2.67. The molecule has 0 saturated heterocycles. The van der Waals surface area contributed by atoms with Gasteiger partial charge in [0.25, 0.3) is 0 Å². The van der Waals surface area contributed by atoms with Crippen LogP contribution < -0.4 is 10.1 Å². The van der Waals surface area contributed by atoms with Crippen LogP contribution in [0.5, 0.6) is 5.75 Å². The lowest BCUT2D eigenvalue weighted by molar-refractivity contribution is 0.143. The molecule has 0 unspecified atom stereocenters. The molecule has 2 aromatic rings. The molecule has 4 nitrogen and oxygen atoms in total. The van der Waals surface area contributed by atoms with Crippen molar-refractivity contribution in [3.05, 3.63) is 70.9 Å². The molecule has 0 fully saturated rings. The molecular weight excluding hydrogens is 302 g/mol. The predicted molar refractivity (Wildman–Crippen MR) is 86.8 cm³/mol. The third-order valence-electron chi connectivity index (χ3n) is 2.90. The topological polar surface area (TPSA) is 47.6 Å². The highest BCUT2D eigenvalue weighted by Crippen LogP contribution is 2.16. The second kappa shape index (κ2) is 8.10. The Balaban J connectivity index is 1.79. The summed E-state index contributed by atoms with van der Waals surface area (Å²) in [7, 11) is 1.60. The van der Waals surface area contributed by atoms with E-state index in [1.165, 1.54) is 6.20 Å². The number of hydrogen-bond donors (Lipinski definition) is 1. The Labute approximate surface area is 134 Å². The van der Waals surface area contributed by atoms with Crippen molar-refractivity contribution in [2.45, 2.75) is 6.61 Å². The minimum absolute atomic E-state index is 0.190. The Morgan fingerprint density at radius 1 is 1.18 bits per heavy atom. The summed E-state index contributed by atoms with van der Waals surface area (Å²) in [5.41, 5.74) is 1.70. The number of amides is 1. The SMILES string of the molecule is COc1ccc(COC(=O)NC=Cc2ccccc2Cl)cc1. The standard InChI is InChI=1S/C17H16ClNO3/c1-21-15-8-6-13(7-9-15)12-22-17(20)19-11-10-14-4-2-3-5-16(14)18/h2-11H,12H2,1H3,(H,19,20). The van der Waals surface area contributed by atoms with Gasteiger partial charge in [-0.2, -0.15) is 0 Å². The maximum absolute atomic E-state index is 11.6. The molecule has 1 amide bonds. The van der Waals surface area contributed by atoms with E-state index in [1.54, 1.807) is 19.3 Å². The fourth-order valence-corrected chi connectivity index (χ4v) is 1.92. The smallest absolute Gasteiger partial charge is 0.411 e. The molecule has 22 heavy (non-hydrogen) atoms. The number of carbonyl (C=O) groups excluding carboxylic acids is 1. The van der Waals surface area contributed by atoms with E-state index >= 15 is 0 Å². The average molecular weight is 318 g/mol. The number of benzene rings is 2. The number of nitrogens with one attached hydrogen (secondary N) is 1. The van der Waals surface area contributed by atoms with E-state index in [0.29, 0.717) is 5.02 Å². The molecule has 0 bridgehead atoms. The molecule has 0 aliphatic rings. The van der Waals surface area contributed by atoms with E-state index < -0.39 is 6.09 Å². The van der Waals surface area contributed by atoms with Crippen molar-refractivity contribution in [2.24, 2.45) is 0 Å². The van der Waals surface area contributed by atoms with Gasteiger partial charge in [-0.15, -0.1) is 0 Å². The highest BCUT2D eigenvalue weighted by Gasteiger charge is 2.01. The fraction of sp³-hybridized carbons (Fsp3) is 0.118. The lowest BCUT2D eigenvalue weighted by atomic mass is 10.2. The van der Waals surface area contributed by atoms with Gasteiger partial charge < -0.3 is 9.47 Å². The van der Waals surface area contributed by atoms with Gasteiger partial charge in [-0.3, -0.25) is 5.32 Å². The summed E-state index contributed by atoms with van der Waals surface area (Å²) >= 11 is 6.00. The van der Waals surface area contributed by atoms with Crippen LogP contribution in [0.4, 0.5) is 4.79 Å². The van der Waals surface area contributed by atoms with E-state index in [9.17, 15) is 4.79 Å². The van der Waals surface area contributed by atoms with Crippen LogP contribution in [0.2, 0.25) is 5.02 Å². The molecule has 0 saturated carbocycles. The first kappa shape index (κ1) is 15.9. The molecule has 0 aromatic heterocycles. The molecule has 1 N–H and O–H groups in total. The number of halogens is 1. The van der Waals surface area contributed by atoms with Gasteiger partial charge in [0.05, 0.1) is 7.11 Å². The maximum Gasteiger partial charge on any atom is 0.411 e. The van der Waals surface area contributed by atoms with Crippen LogP contribution in [0.25, 0.3) is 6.08 Å².